The first-order valence-corrected chi connectivity index (χ1v) is 17.0. The molecular formula is C46H28S. The van der Waals surface area contributed by atoms with E-state index >= 15 is 0 Å². The minimum Gasteiger partial charge on any atom is -0.135 e. The molecular weight excluding hydrogens is 585 g/mol. The Morgan fingerprint density at radius 1 is 0.277 bits per heavy atom. The molecule has 0 saturated carbocycles. The Morgan fingerprint density at radius 3 is 1.55 bits per heavy atom. The van der Waals surface area contributed by atoms with Gasteiger partial charge in [0.05, 0.1) is 0 Å². The van der Waals surface area contributed by atoms with Crippen LogP contribution >= 0.6 is 11.3 Å². The molecule has 0 N–H and O–H groups in total. The van der Waals surface area contributed by atoms with E-state index in [2.05, 4.69) is 170 Å². The fourth-order valence-electron chi connectivity index (χ4n) is 7.82. The molecule has 0 aliphatic rings. The molecule has 0 unspecified atom stereocenters. The molecule has 218 valence electrons. The molecule has 0 saturated heterocycles. The van der Waals surface area contributed by atoms with Crippen LogP contribution in [0.4, 0.5) is 0 Å². The van der Waals surface area contributed by atoms with Crippen molar-refractivity contribution >= 4 is 74.6 Å². The normalized spacial score (nSPS) is 11.8. The summed E-state index contributed by atoms with van der Waals surface area (Å²) < 4.78 is 2.69. The van der Waals surface area contributed by atoms with E-state index in [1.807, 2.05) is 11.3 Å². The van der Waals surface area contributed by atoms with E-state index in [0.29, 0.717) is 0 Å². The summed E-state index contributed by atoms with van der Waals surface area (Å²) in [6.07, 6.45) is 0. The largest absolute Gasteiger partial charge is 0.135 e. The zero-order valence-corrected chi connectivity index (χ0v) is 26.4. The third-order valence-corrected chi connectivity index (χ3v) is 11.0. The van der Waals surface area contributed by atoms with Gasteiger partial charge in [-0.2, -0.15) is 0 Å². The van der Waals surface area contributed by atoms with Crippen LogP contribution in [0.3, 0.4) is 0 Å². The minimum absolute atomic E-state index is 1.23. The quantitative estimate of drug-likeness (QED) is 0.174. The van der Waals surface area contributed by atoms with Crippen LogP contribution < -0.4 is 0 Å². The summed E-state index contributed by atoms with van der Waals surface area (Å²) in [6.45, 7) is 0. The van der Waals surface area contributed by atoms with Gasteiger partial charge in [0.25, 0.3) is 0 Å². The zero-order chi connectivity index (χ0) is 30.9. The highest BCUT2D eigenvalue weighted by Crippen LogP contribution is 2.46. The predicted octanol–water partition coefficient (Wildman–Crippen LogP) is 13.7. The Morgan fingerprint density at radius 2 is 0.809 bits per heavy atom. The van der Waals surface area contributed by atoms with Crippen molar-refractivity contribution < 1.29 is 0 Å². The SMILES string of the molecule is c1ccc2c(-c3c4ccccc4c(-c4ccc(-c5cccc6c5ccc5sc7ccccc7c56)cc4)c4ccccc34)cccc2c1. The molecule has 10 rings (SSSR count). The fourth-order valence-corrected chi connectivity index (χ4v) is 8.94. The highest BCUT2D eigenvalue weighted by molar-refractivity contribution is 7.26. The Bertz CT molecular complexity index is 2770. The van der Waals surface area contributed by atoms with Gasteiger partial charge in [-0.15, -0.1) is 11.3 Å². The van der Waals surface area contributed by atoms with Crippen LogP contribution in [0.2, 0.25) is 0 Å². The maximum atomic E-state index is 2.32. The van der Waals surface area contributed by atoms with Crippen LogP contribution in [-0.2, 0) is 0 Å². The molecule has 0 atom stereocenters. The van der Waals surface area contributed by atoms with Crippen molar-refractivity contribution in [3.8, 4) is 33.4 Å². The maximum Gasteiger partial charge on any atom is 0.0361 e. The Labute approximate surface area is 276 Å². The number of rotatable bonds is 3. The van der Waals surface area contributed by atoms with Gasteiger partial charge < -0.3 is 0 Å². The second kappa shape index (κ2) is 10.4. The van der Waals surface area contributed by atoms with E-state index in [4.69, 9.17) is 0 Å². The van der Waals surface area contributed by atoms with Crippen molar-refractivity contribution in [2.75, 3.05) is 0 Å². The van der Waals surface area contributed by atoms with Crippen LogP contribution in [0.25, 0.3) is 96.6 Å². The lowest BCUT2D eigenvalue weighted by atomic mass is 9.84. The van der Waals surface area contributed by atoms with Crippen molar-refractivity contribution in [2.24, 2.45) is 0 Å². The number of benzene rings is 9. The number of thiophene rings is 1. The van der Waals surface area contributed by atoms with E-state index in [1.54, 1.807) is 0 Å². The van der Waals surface area contributed by atoms with Crippen molar-refractivity contribution in [1.82, 2.24) is 0 Å². The van der Waals surface area contributed by atoms with Gasteiger partial charge in [0, 0.05) is 20.2 Å². The standard InChI is InChI=1S/C46H28S/c1-2-13-33-29(11-1)12-9-20-35(33)45-39-16-5-3-14-37(39)44(38-15-4-6-17-40(38)45)31-25-23-30(24-26-31)32-19-10-21-36-34(32)27-28-43-46(36)41-18-7-8-22-42(41)47-43/h1-28H. The van der Waals surface area contributed by atoms with Crippen molar-refractivity contribution in [2.45, 2.75) is 0 Å². The smallest absolute Gasteiger partial charge is 0.0361 e. The second-order valence-corrected chi connectivity index (χ2v) is 13.5. The molecule has 0 aliphatic carbocycles. The first kappa shape index (κ1) is 26.5. The van der Waals surface area contributed by atoms with E-state index in [1.165, 1.54) is 96.6 Å². The maximum absolute atomic E-state index is 2.32. The molecule has 0 fully saturated rings. The lowest BCUT2D eigenvalue weighted by molar-refractivity contribution is 1.64. The highest BCUT2D eigenvalue weighted by Gasteiger charge is 2.18. The van der Waals surface area contributed by atoms with Gasteiger partial charge in [-0.25, -0.2) is 0 Å². The first-order valence-electron chi connectivity index (χ1n) is 16.2. The molecule has 0 bridgehead atoms. The predicted molar refractivity (Wildman–Crippen MR) is 206 cm³/mol. The molecule has 0 spiro atoms. The van der Waals surface area contributed by atoms with Gasteiger partial charge in [-0.1, -0.05) is 158 Å². The summed E-state index contributed by atoms with van der Waals surface area (Å²) in [4.78, 5) is 0. The van der Waals surface area contributed by atoms with Crippen LogP contribution in [-0.4, -0.2) is 0 Å². The van der Waals surface area contributed by atoms with Crippen LogP contribution in [0.5, 0.6) is 0 Å². The average Bonchev–Trinajstić information content (AvgIpc) is 3.53. The summed E-state index contributed by atoms with van der Waals surface area (Å²) in [5.74, 6) is 0. The Hall–Kier alpha value is -5.76. The summed E-state index contributed by atoms with van der Waals surface area (Å²) in [6, 6.07) is 62.7. The molecule has 47 heavy (non-hydrogen) atoms. The average molecular weight is 613 g/mol. The summed E-state index contributed by atoms with van der Waals surface area (Å²) in [5.41, 5.74) is 7.61. The number of fused-ring (bicyclic) bond motifs is 8. The fraction of sp³-hybridized carbons (Fsp3) is 0. The molecule has 0 radical (unpaired) electrons. The molecule has 1 aromatic heterocycles. The first-order chi connectivity index (χ1) is 23.3. The van der Waals surface area contributed by atoms with Crippen LogP contribution in [0, 0.1) is 0 Å². The number of hydrogen-bond acceptors (Lipinski definition) is 1. The van der Waals surface area contributed by atoms with Gasteiger partial charge in [0.1, 0.15) is 0 Å². The van der Waals surface area contributed by atoms with E-state index in [-0.39, 0.29) is 0 Å². The van der Waals surface area contributed by atoms with Gasteiger partial charge in [0.15, 0.2) is 0 Å². The van der Waals surface area contributed by atoms with Crippen LogP contribution in [0.1, 0.15) is 0 Å². The Kier molecular flexibility index (Phi) is 5.85. The molecule has 9 aromatic carbocycles. The molecule has 1 heteroatoms. The van der Waals surface area contributed by atoms with Crippen molar-refractivity contribution in [3.05, 3.63) is 170 Å². The summed E-state index contributed by atoms with van der Waals surface area (Å²) in [7, 11) is 0. The van der Waals surface area contributed by atoms with Crippen molar-refractivity contribution in [3.63, 3.8) is 0 Å². The van der Waals surface area contributed by atoms with Gasteiger partial charge in [0.2, 0.25) is 0 Å². The molecule has 10 aromatic rings. The molecule has 1 heterocycles. The van der Waals surface area contributed by atoms with E-state index in [9.17, 15) is 0 Å². The van der Waals surface area contributed by atoms with Gasteiger partial charge in [-0.05, 0) is 88.6 Å². The molecule has 0 aliphatic heterocycles. The summed E-state index contributed by atoms with van der Waals surface area (Å²) in [5, 5.41) is 13.0. The van der Waals surface area contributed by atoms with Crippen LogP contribution in [0.15, 0.2) is 170 Å². The third kappa shape index (κ3) is 4.00. The van der Waals surface area contributed by atoms with Gasteiger partial charge >= 0.3 is 0 Å². The third-order valence-electron chi connectivity index (χ3n) is 9.87. The zero-order valence-electron chi connectivity index (χ0n) is 25.6. The highest BCUT2D eigenvalue weighted by atomic mass is 32.1. The minimum atomic E-state index is 1.23. The van der Waals surface area contributed by atoms with E-state index in [0.717, 1.165) is 0 Å². The lowest BCUT2D eigenvalue weighted by Gasteiger charge is -2.19. The van der Waals surface area contributed by atoms with E-state index < -0.39 is 0 Å². The van der Waals surface area contributed by atoms with Gasteiger partial charge in [-0.3, -0.25) is 0 Å². The molecule has 0 amide bonds. The summed E-state index contributed by atoms with van der Waals surface area (Å²) >= 11 is 1.88. The topological polar surface area (TPSA) is 0 Å². The lowest BCUT2D eigenvalue weighted by Crippen LogP contribution is -1.91. The Balaban J connectivity index is 1.18. The molecule has 0 nitrogen and oxygen atoms in total. The number of hydrogen-bond donors (Lipinski definition) is 0. The monoisotopic (exact) mass is 612 g/mol. The second-order valence-electron chi connectivity index (χ2n) is 12.4. The van der Waals surface area contributed by atoms with Crippen molar-refractivity contribution in [1.29, 1.82) is 0 Å².